The largest absolute Gasteiger partial charge is 0.493 e. The van der Waals surface area contributed by atoms with E-state index >= 15 is 0 Å². The maximum absolute atomic E-state index is 12.7. The van der Waals surface area contributed by atoms with Crippen molar-refractivity contribution < 1.29 is 14.3 Å². The number of hydrogen-bond donors (Lipinski definition) is 1. The van der Waals surface area contributed by atoms with Gasteiger partial charge in [-0.25, -0.2) is 0 Å². The van der Waals surface area contributed by atoms with Gasteiger partial charge in [-0.1, -0.05) is 47.5 Å². The lowest BCUT2D eigenvalue weighted by atomic mass is 10.1. The van der Waals surface area contributed by atoms with E-state index in [0.717, 1.165) is 28.3 Å². The number of aromatic nitrogens is 2. The minimum absolute atomic E-state index is 0.237. The van der Waals surface area contributed by atoms with Crippen molar-refractivity contribution in [3.8, 4) is 16.7 Å². The fourth-order valence-electron chi connectivity index (χ4n) is 3.07. The van der Waals surface area contributed by atoms with E-state index in [9.17, 15) is 4.79 Å². The first-order valence-corrected chi connectivity index (χ1v) is 10.9. The summed E-state index contributed by atoms with van der Waals surface area (Å²) in [6.07, 6.45) is 0.621. The van der Waals surface area contributed by atoms with E-state index in [1.165, 1.54) is 5.56 Å². The van der Waals surface area contributed by atoms with Crippen LogP contribution in [0.15, 0.2) is 66.7 Å². The Kier molecular flexibility index (Phi) is 6.47. The normalized spacial score (nSPS) is 10.6. The average Bonchev–Trinajstić information content (AvgIpc) is 3.23. The van der Waals surface area contributed by atoms with Crippen LogP contribution in [-0.2, 0) is 6.42 Å². The standard InChI is InChI=1S/C25H23N3O3S/c1-16-4-8-18(9-5-16)14-23-27-25(32-28-23)31-22-15-19(10-13-21(22)30-3)24(29)26-20-11-6-17(2)7-12-20/h4-13,15H,14H2,1-3H3,(H,26,29). The van der Waals surface area contributed by atoms with Crippen molar-refractivity contribution in [3.63, 3.8) is 0 Å². The van der Waals surface area contributed by atoms with Crippen molar-refractivity contribution in [2.45, 2.75) is 20.3 Å². The highest BCUT2D eigenvalue weighted by molar-refractivity contribution is 7.07. The van der Waals surface area contributed by atoms with Gasteiger partial charge in [0.25, 0.3) is 11.1 Å². The molecule has 0 saturated heterocycles. The molecule has 4 aromatic rings. The number of methoxy groups -OCH3 is 1. The van der Waals surface area contributed by atoms with Crippen LogP contribution in [0, 0.1) is 13.8 Å². The van der Waals surface area contributed by atoms with Crippen LogP contribution < -0.4 is 14.8 Å². The highest BCUT2D eigenvalue weighted by Crippen LogP contribution is 2.33. The fraction of sp³-hybridized carbons (Fsp3) is 0.160. The van der Waals surface area contributed by atoms with Crippen LogP contribution in [0.4, 0.5) is 5.69 Å². The van der Waals surface area contributed by atoms with Gasteiger partial charge in [-0.15, -0.1) is 0 Å². The second-order valence-corrected chi connectivity index (χ2v) is 8.14. The van der Waals surface area contributed by atoms with E-state index in [1.807, 2.05) is 31.2 Å². The summed E-state index contributed by atoms with van der Waals surface area (Å²) in [5, 5.41) is 3.28. The van der Waals surface area contributed by atoms with Crippen LogP contribution >= 0.6 is 11.5 Å². The summed E-state index contributed by atoms with van der Waals surface area (Å²) < 4.78 is 15.7. The van der Waals surface area contributed by atoms with E-state index < -0.39 is 0 Å². The average molecular weight is 446 g/mol. The molecule has 6 nitrogen and oxygen atoms in total. The van der Waals surface area contributed by atoms with Crippen molar-refractivity contribution in [2.24, 2.45) is 0 Å². The minimum Gasteiger partial charge on any atom is -0.493 e. The first-order chi connectivity index (χ1) is 15.5. The van der Waals surface area contributed by atoms with E-state index in [2.05, 4.69) is 45.9 Å². The zero-order valence-corrected chi connectivity index (χ0v) is 18.9. The topological polar surface area (TPSA) is 73.3 Å². The molecule has 4 rings (SSSR count). The van der Waals surface area contributed by atoms with Gasteiger partial charge in [-0.3, -0.25) is 4.79 Å². The smallest absolute Gasteiger partial charge is 0.298 e. The number of aryl methyl sites for hydroxylation is 2. The number of amides is 1. The third-order valence-corrected chi connectivity index (χ3v) is 5.50. The molecular formula is C25H23N3O3S. The van der Waals surface area contributed by atoms with Crippen molar-refractivity contribution >= 4 is 23.1 Å². The third-order valence-electron chi connectivity index (χ3n) is 4.86. The van der Waals surface area contributed by atoms with Gasteiger partial charge in [-0.05, 0) is 49.7 Å². The molecule has 0 bridgehead atoms. The Balaban J connectivity index is 1.49. The van der Waals surface area contributed by atoms with Crippen LogP contribution in [0.2, 0.25) is 0 Å². The molecule has 3 aromatic carbocycles. The van der Waals surface area contributed by atoms with Crippen LogP contribution in [0.5, 0.6) is 16.7 Å². The number of ether oxygens (including phenoxy) is 2. The summed E-state index contributed by atoms with van der Waals surface area (Å²) in [6.45, 7) is 4.05. The molecule has 0 spiro atoms. The molecular weight excluding hydrogens is 422 g/mol. The molecule has 0 aliphatic carbocycles. The highest BCUT2D eigenvalue weighted by Gasteiger charge is 2.15. The number of carbonyl (C=O) groups excluding carboxylic acids is 1. The second-order valence-electron chi connectivity index (χ2n) is 7.43. The summed E-state index contributed by atoms with van der Waals surface area (Å²) >= 11 is 1.16. The van der Waals surface area contributed by atoms with Gasteiger partial charge in [0.15, 0.2) is 17.3 Å². The summed E-state index contributed by atoms with van der Waals surface area (Å²) in [5.41, 5.74) is 4.64. The molecule has 0 aliphatic rings. The molecule has 1 heterocycles. The van der Waals surface area contributed by atoms with E-state index in [4.69, 9.17) is 9.47 Å². The molecule has 0 saturated carbocycles. The zero-order chi connectivity index (χ0) is 22.5. The van der Waals surface area contributed by atoms with Crippen molar-refractivity contribution in [3.05, 3.63) is 94.8 Å². The molecule has 162 valence electrons. The molecule has 0 unspecified atom stereocenters. The van der Waals surface area contributed by atoms with Gasteiger partial charge in [0.05, 0.1) is 7.11 Å². The summed E-state index contributed by atoms with van der Waals surface area (Å²) in [4.78, 5) is 17.2. The Hall–Kier alpha value is -3.71. The molecule has 7 heteroatoms. The van der Waals surface area contributed by atoms with Gasteiger partial charge in [-0.2, -0.15) is 9.36 Å². The Morgan fingerprint density at radius 1 is 0.938 bits per heavy atom. The lowest BCUT2D eigenvalue weighted by molar-refractivity contribution is 0.102. The molecule has 0 aliphatic heterocycles. The zero-order valence-electron chi connectivity index (χ0n) is 18.1. The predicted molar refractivity (Wildman–Crippen MR) is 126 cm³/mol. The number of carbonyl (C=O) groups is 1. The molecule has 1 N–H and O–H groups in total. The molecule has 0 radical (unpaired) electrons. The van der Waals surface area contributed by atoms with Crippen LogP contribution in [0.3, 0.4) is 0 Å². The summed E-state index contributed by atoms with van der Waals surface area (Å²) in [6, 6.07) is 20.9. The predicted octanol–water partition coefficient (Wildman–Crippen LogP) is 5.80. The van der Waals surface area contributed by atoms with E-state index in [-0.39, 0.29) is 5.91 Å². The number of benzene rings is 3. The number of nitrogens with zero attached hydrogens (tertiary/aromatic N) is 2. The minimum atomic E-state index is -0.237. The van der Waals surface area contributed by atoms with Gasteiger partial charge in [0.2, 0.25) is 0 Å². The Morgan fingerprint density at radius 3 is 2.31 bits per heavy atom. The Labute approximate surface area is 191 Å². The van der Waals surface area contributed by atoms with E-state index in [0.29, 0.717) is 34.5 Å². The molecule has 0 atom stereocenters. The van der Waals surface area contributed by atoms with Gasteiger partial charge >= 0.3 is 0 Å². The molecule has 1 amide bonds. The number of nitrogens with one attached hydrogen (secondary N) is 1. The lowest BCUT2D eigenvalue weighted by Crippen LogP contribution is -2.12. The molecule has 0 fully saturated rings. The second kappa shape index (κ2) is 9.62. The monoisotopic (exact) mass is 445 g/mol. The van der Waals surface area contributed by atoms with Crippen LogP contribution in [-0.4, -0.2) is 22.4 Å². The van der Waals surface area contributed by atoms with Crippen molar-refractivity contribution in [1.29, 1.82) is 0 Å². The highest BCUT2D eigenvalue weighted by atomic mass is 32.1. The summed E-state index contributed by atoms with van der Waals surface area (Å²) in [7, 11) is 1.55. The quantitative estimate of drug-likeness (QED) is 0.389. The number of hydrogen-bond acceptors (Lipinski definition) is 6. The molecule has 1 aromatic heterocycles. The number of rotatable bonds is 7. The van der Waals surface area contributed by atoms with Crippen LogP contribution in [0.1, 0.15) is 32.9 Å². The van der Waals surface area contributed by atoms with Gasteiger partial charge in [0, 0.05) is 29.2 Å². The maximum Gasteiger partial charge on any atom is 0.298 e. The molecule has 32 heavy (non-hydrogen) atoms. The van der Waals surface area contributed by atoms with Gasteiger partial charge in [0.1, 0.15) is 0 Å². The number of anilines is 1. The SMILES string of the molecule is COc1ccc(C(=O)Nc2ccc(C)cc2)cc1Oc1nc(Cc2ccc(C)cc2)ns1. The third kappa shape index (κ3) is 5.31. The Bertz CT molecular complexity index is 1220. The van der Waals surface area contributed by atoms with Crippen molar-refractivity contribution in [1.82, 2.24) is 9.36 Å². The van der Waals surface area contributed by atoms with Crippen molar-refractivity contribution in [2.75, 3.05) is 12.4 Å². The fourth-order valence-corrected chi connectivity index (χ4v) is 3.63. The van der Waals surface area contributed by atoms with Crippen LogP contribution in [0.25, 0.3) is 0 Å². The van der Waals surface area contributed by atoms with Gasteiger partial charge < -0.3 is 14.8 Å². The Morgan fingerprint density at radius 2 is 1.62 bits per heavy atom. The summed E-state index contributed by atoms with van der Waals surface area (Å²) in [5.74, 6) is 1.36. The maximum atomic E-state index is 12.7. The van der Waals surface area contributed by atoms with E-state index in [1.54, 1.807) is 25.3 Å². The first-order valence-electron chi connectivity index (χ1n) is 10.1. The lowest BCUT2D eigenvalue weighted by Gasteiger charge is -2.11. The first kappa shape index (κ1) is 21.5.